The van der Waals surface area contributed by atoms with Gasteiger partial charge in [-0.3, -0.25) is 0 Å². The zero-order valence-corrected chi connectivity index (χ0v) is 5.38. The number of nitrogens with zero attached hydrogens (tertiary/aromatic N) is 1. The van der Waals surface area contributed by atoms with Gasteiger partial charge in [-0.15, -0.1) is 0 Å². The van der Waals surface area contributed by atoms with Crippen LogP contribution in [0.25, 0.3) is 0 Å². The summed E-state index contributed by atoms with van der Waals surface area (Å²) in [5.41, 5.74) is 6.02. The fourth-order valence-corrected chi connectivity index (χ4v) is 1.72. The van der Waals surface area contributed by atoms with E-state index in [0.717, 1.165) is 25.9 Å². The predicted molar refractivity (Wildman–Crippen MR) is 33.0 cm³/mol. The second-order valence-corrected chi connectivity index (χ2v) is 3.31. The molecular formula is C6H12N2O. The Morgan fingerprint density at radius 1 is 1.67 bits per heavy atom. The maximum atomic E-state index is 9.00. The predicted octanol–water partition coefficient (Wildman–Crippen LogP) is -0.201. The molecule has 0 aromatic carbocycles. The van der Waals surface area contributed by atoms with Crippen LogP contribution in [0.2, 0.25) is 0 Å². The lowest BCUT2D eigenvalue weighted by molar-refractivity contribution is -0.0725. The van der Waals surface area contributed by atoms with E-state index in [1.807, 2.05) is 0 Å². The van der Waals surface area contributed by atoms with Crippen molar-refractivity contribution in [1.29, 1.82) is 0 Å². The monoisotopic (exact) mass is 128 g/mol. The summed E-state index contributed by atoms with van der Waals surface area (Å²) in [6.45, 7) is 1.61. The fraction of sp³-hybridized carbons (Fsp3) is 1.00. The molecule has 2 aliphatic rings. The molecule has 0 bridgehead atoms. The smallest absolute Gasteiger partial charge is 0.0310 e. The van der Waals surface area contributed by atoms with E-state index >= 15 is 0 Å². The van der Waals surface area contributed by atoms with Crippen LogP contribution in [0.4, 0.5) is 0 Å². The summed E-state index contributed by atoms with van der Waals surface area (Å²) in [7, 11) is 0. The SMILES string of the molecule is NC1CC12CCN(O)C2. The Kier molecular flexibility index (Phi) is 0.928. The molecule has 2 rings (SSSR count). The fourth-order valence-electron chi connectivity index (χ4n) is 1.72. The van der Waals surface area contributed by atoms with E-state index in [1.165, 1.54) is 5.06 Å². The lowest BCUT2D eigenvalue weighted by Crippen LogP contribution is -2.19. The van der Waals surface area contributed by atoms with Crippen LogP contribution in [0, 0.1) is 5.41 Å². The van der Waals surface area contributed by atoms with Crippen LogP contribution in [0.1, 0.15) is 12.8 Å². The van der Waals surface area contributed by atoms with Crippen molar-refractivity contribution < 1.29 is 5.21 Å². The van der Waals surface area contributed by atoms with Crippen LogP contribution in [0.5, 0.6) is 0 Å². The third kappa shape index (κ3) is 0.689. The molecule has 1 spiro atoms. The Morgan fingerprint density at radius 2 is 2.33 bits per heavy atom. The van der Waals surface area contributed by atoms with Gasteiger partial charge in [0, 0.05) is 24.5 Å². The third-order valence-corrected chi connectivity index (χ3v) is 2.62. The molecule has 0 amide bonds. The molecule has 1 aliphatic carbocycles. The number of hydrogen-bond donors (Lipinski definition) is 2. The van der Waals surface area contributed by atoms with Gasteiger partial charge in [0.05, 0.1) is 0 Å². The molecule has 2 unspecified atom stereocenters. The van der Waals surface area contributed by atoms with Crippen molar-refractivity contribution in [3.63, 3.8) is 0 Å². The Hall–Kier alpha value is -0.120. The van der Waals surface area contributed by atoms with E-state index in [9.17, 15) is 0 Å². The summed E-state index contributed by atoms with van der Waals surface area (Å²) >= 11 is 0. The minimum Gasteiger partial charge on any atom is -0.327 e. The summed E-state index contributed by atoms with van der Waals surface area (Å²) in [6, 6.07) is 0.370. The van der Waals surface area contributed by atoms with E-state index in [0.29, 0.717) is 11.5 Å². The molecule has 1 aliphatic heterocycles. The van der Waals surface area contributed by atoms with Gasteiger partial charge >= 0.3 is 0 Å². The van der Waals surface area contributed by atoms with Crippen LogP contribution in [-0.4, -0.2) is 29.4 Å². The second kappa shape index (κ2) is 1.48. The van der Waals surface area contributed by atoms with Gasteiger partial charge in [-0.05, 0) is 12.8 Å². The first-order chi connectivity index (χ1) is 4.23. The Labute approximate surface area is 54.4 Å². The van der Waals surface area contributed by atoms with Crippen molar-refractivity contribution in [2.75, 3.05) is 13.1 Å². The van der Waals surface area contributed by atoms with Crippen LogP contribution in [-0.2, 0) is 0 Å². The van der Waals surface area contributed by atoms with Crippen LogP contribution in [0.15, 0.2) is 0 Å². The normalized spacial score (nSPS) is 50.7. The van der Waals surface area contributed by atoms with Crippen molar-refractivity contribution in [2.45, 2.75) is 18.9 Å². The van der Waals surface area contributed by atoms with Gasteiger partial charge in [0.15, 0.2) is 0 Å². The van der Waals surface area contributed by atoms with E-state index in [4.69, 9.17) is 10.9 Å². The molecule has 1 saturated heterocycles. The molecule has 0 aromatic rings. The quantitative estimate of drug-likeness (QED) is 0.475. The maximum absolute atomic E-state index is 9.00. The second-order valence-electron chi connectivity index (χ2n) is 3.31. The van der Waals surface area contributed by atoms with E-state index in [-0.39, 0.29) is 0 Å². The van der Waals surface area contributed by atoms with E-state index in [2.05, 4.69) is 0 Å². The summed E-state index contributed by atoms with van der Waals surface area (Å²) in [5, 5.41) is 10.4. The molecule has 2 atom stereocenters. The van der Waals surface area contributed by atoms with Gasteiger partial charge in [0.25, 0.3) is 0 Å². The molecule has 1 saturated carbocycles. The van der Waals surface area contributed by atoms with Crippen molar-refractivity contribution >= 4 is 0 Å². The first-order valence-corrected chi connectivity index (χ1v) is 3.42. The molecule has 2 fully saturated rings. The average molecular weight is 128 g/mol. The van der Waals surface area contributed by atoms with Gasteiger partial charge in [-0.2, -0.15) is 5.06 Å². The van der Waals surface area contributed by atoms with Crippen LogP contribution < -0.4 is 5.73 Å². The molecule has 3 heteroatoms. The molecule has 0 aromatic heterocycles. The lowest BCUT2D eigenvalue weighted by Gasteiger charge is -2.05. The molecular weight excluding hydrogens is 116 g/mol. The van der Waals surface area contributed by atoms with Crippen molar-refractivity contribution in [1.82, 2.24) is 5.06 Å². The summed E-state index contributed by atoms with van der Waals surface area (Å²) in [4.78, 5) is 0. The number of hydrogen-bond acceptors (Lipinski definition) is 3. The zero-order chi connectivity index (χ0) is 6.48. The van der Waals surface area contributed by atoms with Gasteiger partial charge in [0.1, 0.15) is 0 Å². The third-order valence-electron chi connectivity index (χ3n) is 2.62. The Morgan fingerprint density at radius 3 is 2.56 bits per heavy atom. The minimum absolute atomic E-state index is 0.328. The van der Waals surface area contributed by atoms with Crippen molar-refractivity contribution in [3.05, 3.63) is 0 Å². The summed E-state index contributed by atoms with van der Waals surface area (Å²) < 4.78 is 0. The highest BCUT2D eigenvalue weighted by Gasteiger charge is 2.55. The molecule has 3 nitrogen and oxygen atoms in total. The molecule has 1 heterocycles. The summed E-state index contributed by atoms with van der Waals surface area (Å²) in [6.07, 6.45) is 2.20. The molecule has 9 heavy (non-hydrogen) atoms. The molecule has 3 N–H and O–H groups in total. The Bertz CT molecular complexity index is 137. The lowest BCUT2D eigenvalue weighted by atomic mass is 10.1. The topological polar surface area (TPSA) is 49.5 Å². The van der Waals surface area contributed by atoms with E-state index in [1.54, 1.807) is 0 Å². The summed E-state index contributed by atoms with van der Waals surface area (Å²) in [5.74, 6) is 0. The van der Waals surface area contributed by atoms with Crippen LogP contribution >= 0.6 is 0 Å². The highest BCUT2D eigenvalue weighted by Crippen LogP contribution is 2.50. The number of hydroxylamine groups is 2. The van der Waals surface area contributed by atoms with Gasteiger partial charge in [0.2, 0.25) is 0 Å². The Balaban J connectivity index is 2.03. The molecule has 0 radical (unpaired) electrons. The highest BCUT2D eigenvalue weighted by molar-refractivity contribution is 5.09. The average Bonchev–Trinajstić information content (AvgIpc) is 2.17. The molecule has 52 valence electrons. The standard InChI is InChI=1S/C6H12N2O/c7-5-3-6(5)1-2-8(9)4-6/h5,9H,1-4,7H2. The van der Waals surface area contributed by atoms with Gasteiger partial charge in [-0.25, -0.2) is 0 Å². The number of rotatable bonds is 0. The van der Waals surface area contributed by atoms with E-state index < -0.39 is 0 Å². The van der Waals surface area contributed by atoms with Gasteiger partial charge < -0.3 is 10.9 Å². The van der Waals surface area contributed by atoms with Crippen molar-refractivity contribution in [2.24, 2.45) is 11.1 Å². The highest BCUT2D eigenvalue weighted by atomic mass is 16.5. The largest absolute Gasteiger partial charge is 0.327 e. The maximum Gasteiger partial charge on any atom is 0.0310 e. The first kappa shape index (κ1) is 5.65. The van der Waals surface area contributed by atoms with Crippen molar-refractivity contribution in [3.8, 4) is 0 Å². The minimum atomic E-state index is 0.328. The number of nitrogens with two attached hydrogens (primary N) is 1. The zero-order valence-electron chi connectivity index (χ0n) is 5.38. The first-order valence-electron chi connectivity index (χ1n) is 3.42. The van der Waals surface area contributed by atoms with Gasteiger partial charge in [-0.1, -0.05) is 0 Å². The van der Waals surface area contributed by atoms with Crippen LogP contribution in [0.3, 0.4) is 0 Å².